The third kappa shape index (κ3) is 3.00. The number of nitrogens with one attached hydrogen (secondary N) is 2. The van der Waals surface area contributed by atoms with Gasteiger partial charge in [-0.3, -0.25) is 0 Å². The summed E-state index contributed by atoms with van der Waals surface area (Å²) in [5, 5.41) is 7.54. The van der Waals surface area contributed by atoms with Crippen molar-refractivity contribution in [2.24, 2.45) is 0 Å². The Morgan fingerprint density at radius 1 is 1.50 bits per heavy atom. The summed E-state index contributed by atoms with van der Waals surface area (Å²) in [7, 11) is 0. The number of aromatic amines is 1. The van der Waals surface area contributed by atoms with E-state index in [0.717, 1.165) is 31.0 Å². The molecule has 0 atom stereocenters. The molecule has 0 fully saturated rings. The van der Waals surface area contributed by atoms with Crippen LogP contribution in [0.15, 0.2) is 24.8 Å². The fourth-order valence-electron chi connectivity index (χ4n) is 1.44. The summed E-state index contributed by atoms with van der Waals surface area (Å²) in [5.41, 5.74) is 1.07. The van der Waals surface area contributed by atoms with Gasteiger partial charge < -0.3 is 10.3 Å². The Kier molecular flexibility index (Phi) is 4.85. The molecule has 0 aliphatic rings. The van der Waals surface area contributed by atoms with Crippen molar-refractivity contribution in [1.82, 2.24) is 19.7 Å². The molecule has 88 valence electrons. The Bertz CT molecular complexity index is 395. The highest BCUT2D eigenvalue weighted by Crippen LogP contribution is 2.08. The van der Waals surface area contributed by atoms with Gasteiger partial charge in [-0.1, -0.05) is 6.92 Å². The average molecular weight is 242 g/mol. The highest BCUT2D eigenvalue weighted by Gasteiger charge is 2.00. The van der Waals surface area contributed by atoms with Gasteiger partial charge in [0.25, 0.3) is 0 Å². The number of halogens is 1. The first-order valence-electron chi connectivity index (χ1n) is 5.13. The number of hydrogen-bond donors (Lipinski definition) is 2. The zero-order chi connectivity index (χ0) is 10.5. The average Bonchev–Trinajstić information content (AvgIpc) is 2.85. The van der Waals surface area contributed by atoms with Crippen LogP contribution in [0.4, 0.5) is 5.82 Å². The van der Waals surface area contributed by atoms with E-state index in [-0.39, 0.29) is 12.4 Å². The standard InChI is InChI=1S/C10H15N5.ClH/c1-2-5-15-10(3-4-14-15)12-7-9-6-11-8-13-9;/h3-4,6,8,12H,2,5,7H2,1H3,(H,11,13);1H. The molecule has 16 heavy (non-hydrogen) atoms. The third-order valence-corrected chi connectivity index (χ3v) is 2.17. The normalized spacial score (nSPS) is 9.81. The van der Waals surface area contributed by atoms with Crippen LogP contribution in [-0.2, 0) is 13.1 Å². The maximum Gasteiger partial charge on any atom is 0.124 e. The van der Waals surface area contributed by atoms with Crippen molar-refractivity contribution >= 4 is 18.2 Å². The van der Waals surface area contributed by atoms with Gasteiger partial charge in [-0.05, 0) is 6.42 Å². The van der Waals surface area contributed by atoms with Crippen molar-refractivity contribution in [3.8, 4) is 0 Å². The van der Waals surface area contributed by atoms with E-state index in [1.54, 1.807) is 6.33 Å². The molecule has 2 aromatic rings. The van der Waals surface area contributed by atoms with E-state index in [1.165, 1.54) is 0 Å². The Hall–Kier alpha value is -1.49. The van der Waals surface area contributed by atoms with Crippen molar-refractivity contribution in [2.45, 2.75) is 26.4 Å². The van der Waals surface area contributed by atoms with Crippen molar-refractivity contribution in [3.05, 3.63) is 30.5 Å². The van der Waals surface area contributed by atoms with Crippen LogP contribution >= 0.6 is 12.4 Å². The SMILES string of the molecule is CCCn1nccc1NCc1cnc[nH]1.Cl. The molecule has 0 aromatic carbocycles. The number of aromatic nitrogens is 4. The number of H-pyrrole nitrogens is 1. The van der Waals surface area contributed by atoms with Crippen molar-refractivity contribution in [1.29, 1.82) is 0 Å². The molecule has 2 heterocycles. The maximum absolute atomic E-state index is 4.23. The Labute approximate surface area is 101 Å². The molecule has 0 aliphatic heterocycles. The zero-order valence-electron chi connectivity index (χ0n) is 9.18. The molecule has 0 bridgehead atoms. The summed E-state index contributed by atoms with van der Waals surface area (Å²) >= 11 is 0. The van der Waals surface area contributed by atoms with E-state index in [9.17, 15) is 0 Å². The van der Waals surface area contributed by atoms with Gasteiger partial charge in [0.15, 0.2) is 0 Å². The van der Waals surface area contributed by atoms with E-state index in [2.05, 4.69) is 27.3 Å². The fraction of sp³-hybridized carbons (Fsp3) is 0.400. The molecule has 0 saturated heterocycles. The summed E-state index contributed by atoms with van der Waals surface area (Å²) in [6.45, 7) is 3.83. The Morgan fingerprint density at radius 3 is 3.06 bits per heavy atom. The van der Waals surface area contributed by atoms with Gasteiger partial charge in [-0.25, -0.2) is 9.67 Å². The molecule has 0 radical (unpaired) electrons. The largest absolute Gasteiger partial charge is 0.365 e. The van der Waals surface area contributed by atoms with Crippen LogP contribution in [0.2, 0.25) is 0 Å². The molecule has 2 N–H and O–H groups in total. The molecule has 0 amide bonds. The Morgan fingerprint density at radius 2 is 2.38 bits per heavy atom. The van der Waals surface area contributed by atoms with E-state index < -0.39 is 0 Å². The van der Waals surface area contributed by atoms with E-state index in [4.69, 9.17) is 0 Å². The van der Waals surface area contributed by atoms with Gasteiger partial charge >= 0.3 is 0 Å². The predicted octanol–water partition coefficient (Wildman–Crippen LogP) is 2.05. The van der Waals surface area contributed by atoms with Crippen molar-refractivity contribution in [3.63, 3.8) is 0 Å². The number of imidazole rings is 1. The molecule has 0 aliphatic carbocycles. The molecule has 2 rings (SSSR count). The van der Waals surface area contributed by atoms with Crippen molar-refractivity contribution in [2.75, 3.05) is 5.32 Å². The van der Waals surface area contributed by atoms with Crippen LogP contribution in [0.25, 0.3) is 0 Å². The molecular weight excluding hydrogens is 226 g/mol. The van der Waals surface area contributed by atoms with Gasteiger partial charge in [0.2, 0.25) is 0 Å². The first-order valence-corrected chi connectivity index (χ1v) is 5.13. The second-order valence-corrected chi connectivity index (χ2v) is 3.37. The van der Waals surface area contributed by atoms with Gasteiger partial charge in [0.05, 0.1) is 24.8 Å². The smallest absolute Gasteiger partial charge is 0.124 e. The second kappa shape index (κ2) is 6.17. The van der Waals surface area contributed by atoms with Crippen LogP contribution in [0.1, 0.15) is 19.0 Å². The number of nitrogens with zero attached hydrogens (tertiary/aromatic N) is 3. The molecule has 0 saturated carbocycles. The lowest BCUT2D eigenvalue weighted by Gasteiger charge is -2.07. The quantitative estimate of drug-likeness (QED) is 0.843. The van der Waals surface area contributed by atoms with Crippen LogP contribution in [0.3, 0.4) is 0 Å². The minimum absolute atomic E-state index is 0. The fourth-order valence-corrected chi connectivity index (χ4v) is 1.44. The lowest BCUT2D eigenvalue weighted by Crippen LogP contribution is -2.07. The summed E-state index contributed by atoms with van der Waals surface area (Å²) < 4.78 is 1.97. The van der Waals surface area contributed by atoms with Gasteiger partial charge in [0, 0.05) is 18.8 Å². The zero-order valence-corrected chi connectivity index (χ0v) is 10.00. The van der Waals surface area contributed by atoms with E-state index in [1.807, 2.05) is 23.1 Å². The summed E-state index contributed by atoms with van der Waals surface area (Å²) in [6.07, 6.45) is 6.39. The van der Waals surface area contributed by atoms with E-state index in [0.29, 0.717) is 0 Å². The van der Waals surface area contributed by atoms with Gasteiger partial charge in [0.1, 0.15) is 5.82 Å². The molecule has 0 unspecified atom stereocenters. The van der Waals surface area contributed by atoms with Crippen LogP contribution < -0.4 is 5.32 Å². The highest BCUT2D eigenvalue weighted by atomic mass is 35.5. The number of rotatable bonds is 5. The number of anilines is 1. The van der Waals surface area contributed by atoms with Crippen LogP contribution in [-0.4, -0.2) is 19.7 Å². The topological polar surface area (TPSA) is 58.5 Å². The molecule has 2 aromatic heterocycles. The summed E-state index contributed by atoms with van der Waals surface area (Å²) in [4.78, 5) is 7.01. The lowest BCUT2D eigenvalue weighted by atomic mass is 10.4. The molecule has 6 heteroatoms. The van der Waals surface area contributed by atoms with Crippen LogP contribution in [0.5, 0.6) is 0 Å². The molecule has 0 spiro atoms. The minimum atomic E-state index is 0. The molecular formula is C10H16ClN5. The highest BCUT2D eigenvalue weighted by molar-refractivity contribution is 5.85. The first kappa shape index (κ1) is 12.6. The maximum atomic E-state index is 4.23. The van der Waals surface area contributed by atoms with Gasteiger partial charge in [-0.15, -0.1) is 12.4 Å². The monoisotopic (exact) mass is 241 g/mol. The van der Waals surface area contributed by atoms with Crippen LogP contribution in [0, 0.1) is 0 Å². The Balaban J connectivity index is 0.00000128. The number of hydrogen-bond acceptors (Lipinski definition) is 3. The number of aryl methyl sites for hydroxylation is 1. The molecule has 5 nitrogen and oxygen atoms in total. The third-order valence-electron chi connectivity index (χ3n) is 2.17. The lowest BCUT2D eigenvalue weighted by molar-refractivity contribution is 0.607. The first-order chi connectivity index (χ1) is 7.40. The van der Waals surface area contributed by atoms with E-state index >= 15 is 0 Å². The van der Waals surface area contributed by atoms with Crippen molar-refractivity contribution < 1.29 is 0 Å². The second-order valence-electron chi connectivity index (χ2n) is 3.37. The van der Waals surface area contributed by atoms with Gasteiger partial charge in [-0.2, -0.15) is 5.10 Å². The predicted molar refractivity (Wildman–Crippen MR) is 65.7 cm³/mol. The summed E-state index contributed by atoms with van der Waals surface area (Å²) in [5.74, 6) is 1.05. The minimum Gasteiger partial charge on any atom is -0.365 e. The summed E-state index contributed by atoms with van der Waals surface area (Å²) in [6, 6.07) is 1.98.